The summed E-state index contributed by atoms with van der Waals surface area (Å²) in [5, 5.41) is 13.2. The van der Waals surface area contributed by atoms with E-state index in [2.05, 4.69) is 5.32 Å². The van der Waals surface area contributed by atoms with Crippen molar-refractivity contribution in [2.45, 2.75) is 18.9 Å². The average Bonchev–Trinajstić information content (AvgIpc) is 2.34. The van der Waals surface area contributed by atoms with Gasteiger partial charge in [-0.25, -0.2) is 4.79 Å². The number of aliphatic hydroxyl groups excluding tert-OH is 1. The molecule has 1 aromatic rings. The molecule has 0 saturated carbocycles. The lowest BCUT2D eigenvalue weighted by atomic mass is 10.1. The quantitative estimate of drug-likeness (QED) is 0.835. The van der Waals surface area contributed by atoms with Gasteiger partial charge in [0.2, 0.25) is 0 Å². The zero-order valence-corrected chi connectivity index (χ0v) is 11.2. The van der Waals surface area contributed by atoms with Gasteiger partial charge in [-0.15, -0.1) is 0 Å². The number of piperidine rings is 1. The Labute approximate surface area is 115 Å². The first-order valence-electron chi connectivity index (χ1n) is 5.75. The number of anilines is 1. The molecule has 0 radical (unpaired) electrons. The Hall–Kier alpha value is -0.970. The van der Waals surface area contributed by atoms with Gasteiger partial charge in [0.05, 0.1) is 16.8 Å². The van der Waals surface area contributed by atoms with Gasteiger partial charge in [-0.3, -0.25) is 0 Å². The molecule has 1 saturated heterocycles. The fourth-order valence-electron chi connectivity index (χ4n) is 1.93. The number of β-amino-alcohol motifs (C(OH)–C–C–N with tert-alkyl or cyclic N) is 1. The monoisotopic (exact) mass is 288 g/mol. The predicted molar refractivity (Wildman–Crippen MR) is 72.3 cm³/mol. The molecule has 0 aromatic heterocycles. The van der Waals surface area contributed by atoms with E-state index in [1.807, 2.05) is 0 Å². The van der Waals surface area contributed by atoms with Crippen molar-refractivity contribution in [2.24, 2.45) is 0 Å². The number of nitrogens with zero attached hydrogens (tertiary/aromatic N) is 1. The third-order valence-electron chi connectivity index (χ3n) is 2.85. The Morgan fingerprint density at radius 3 is 2.94 bits per heavy atom. The molecule has 1 aromatic carbocycles. The van der Waals surface area contributed by atoms with Crippen LogP contribution in [0.1, 0.15) is 12.8 Å². The highest BCUT2D eigenvalue weighted by Crippen LogP contribution is 2.26. The van der Waals surface area contributed by atoms with E-state index < -0.39 is 6.10 Å². The van der Waals surface area contributed by atoms with Crippen molar-refractivity contribution in [3.63, 3.8) is 0 Å². The summed E-state index contributed by atoms with van der Waals surface area (Å²) in [6, 6.07) is 4.62. The number of hydrogen-bond acceptors (Lipinski definition) is 2. The minimum Gasteiger partial charge on any atom is -0.391 e. The summed E-state index contributed by atoms with van der Waals surface area (Å²) in [6.07, 6.45) is 1.10. The summed E-state index contributed by atoms with van der Waals surface area (Å²) < 4.78 is 0. The number of carbonyl (C=O) groups is 1. The first-order valence-corrected chi connectivity index (χ1v) is 6.51. The molecule has 0 aliphatic carbocycles. The van der Waals surface area contributed by atoms with Crippen LogP contribution in [0.3, 0.4) is 0 Å². The summed E-state index contributed by atoms with van der Waals surface area (Å²) in [6.45, 7) is 0.991. The summed E-state index contributed by atoms with van der Waals surface area (Å²) in [7, 11) is 0. The van der Waals surface area contributed by atoms with Gasteiger partial charge in [0.15, 0.2) is 0 Å². The van der Waals surface area contributed by atoms with E-state index in [1.165, 1.54) is 0 Å². The molecular weight excluding hydrogens is 275 g/mol. The van der Waals surface area contributed by atoms with Crippen molar-refractivity contribution >= 4 is 34.9 Å². The number of urea groups is 1. The van der Waals surface area contributed by atoms with E-state index in [-0.39, 0.29) is 6.03 Å². The molecule has 98 valence electrons. The van der Waals surface area contributed by atoms with Gasteiger partial charge in [0.1, 0.15) is 0 Å². The first kappa shape index (κ1) is 13.5. The molecule has 6 heteroatoms. The second-order valence-corrected chi connectivity index (χ2v) is 5.14. The van der Waals surface area contributed by atoms with E-state index in [4.69, 9.17) is 23.2 Å². The van der Waals surface area contributed by atoms with Gasteiger partial charge in [-0.2, -0.15) is 0 Å². The van der Waals surface area contributed by atoms with Crippen molar-refractivity contribution in [3.05, 3.63) is 28.2 Å². The highest BCUT2D eigenvalue weighted by Gasteiger charge is 2.22. The molecule has 2 N–H and O–H groups in total. The normalized spacial score (nSPS) is 19.7. The SMILES string of the molecule is O=C(Nc1cc(Cl)ccc1Cl)N1CCCC(O)C1. The molecule has 1 heterocycles. The Bertz CT molecular complexity index is 454. The van der Waals surface area contributed by atoms with E-state index in [0.29, 0.717) is 28.8 Å². The average molecular weight is 289 g/mol. The van der Waals surface area contributed by atoms with Crippen LogP contribution in [0.4, 0.5) is 10.5 Å². The van der Waals surface area contributed by atoms with Crippen LogP contribution < -0.4 is 5.32 Å². The lowest BCUT2D eigenvalue weighted by Gasteiger charge is -2.30. The maximum atomic E-state index is 12.0. The molecule has 18 heavy (non-hydrogen) atoms. The molecule has 1 unspecified atom stereocenters. The number of carbonyl (C=O) groups excluding carboxylic acids is 1. The van der Waals surface area contributed by atoms with Crippen LogP contribution in [0.5, 0.6) is 0 Å². The smallest absolute Gasteiger partial charge is 0.321 e. The van der Waals surface area contributed by atoms with Gasteiger partial charge in [-0.1, -0.05) is 23.2 Å². The van der Waals surface area contributed by atoms with Crippen molar-refractivity contribution in [1.29, 1.82) is 0 Å². The Morgan fingerprint density at radius 1 is 1.44 bits per heavy atom. The first-order chi connectivity index (χ1) is 8.56. The summed E-state index contributed by atoms with van der Waals surface area (Å²) >= 11 is 11.8. The summed E-state index contributed by atoms with van der Waals surface area (Å²) in [4.78, 5) is 13.6. The molecule has 2 amide bonds. The summed E-state index contributed by atoms with van der Waals surface area (Å²) in [5.41, 5.74) is 0.481. The molecule has 1 aliphatic heterocycles. The van der Waals surface area contributed by atoms with Gasteiger partial charge in [-0.05, 0) is 31.0 Å². The van der Waals surface area contributed by atoms with Crippen LogP contribution in [0.2, 0.25) is 10.0 Å². The third-order valence-corrected chi connectivity index (χ3v) is 3.42. The maximum absolute atomic E-state index is 12.0. The van der Waals surface area contributed by atoms with Crippen molar-refractivity contribution < 1.29 is 9.90 Å². The summed E-state index contributed by atoms with van der Waals surface area (Å²) in [5.74, 6) is 0. The number of amides is 2. The second-order valence-electron chi connectivity index (χ2n) is 4.30. The van der Waals surface area contributed by atoms with Crippen molar-refractivity contribution in [1.82, 2.24) is 4.90 Å². The van der Waals surface area contributed by atoms with E-state index in [9.17, 15) is 9.90 Å². The molecule has 1 fully saturated rings. The van der Waals surface area contributed by atoms with E-state index >= 15 is 0 Å². The fraction of sp³-hybridized carbons (Fsp3) is 0.417. The second kappa shape index (κ2) is 5.78. The number of rotatable bonds is 1. The minimum atomic E-state index is -0.445. The zero-order valence-electron chi connectivity index (χ0n) is 9.70. The molecule has 0 bridgehead atoms. The van der Waals surface area contributed by atoms with Gasteiger partial charge in [0, 0.05) is 18.1 Å². The highest BCUT2D eigenvalue weighted by atomic mass is 35.5. The lowest BCUT2D eigenvalue weighted by Crippen LogP contribution is -2.44. The number of nitrogens with one attached hydrogen (secondary N) is 1. The molecular formula is C12H14Cl2N2O2. The highest BCUT2D eigenvalue weighted by molar-refractivity contribution is 6.35. The lowest BCUT2D eigenvalue weighted by molar-refractivity contribution is 0.0883. The third kappa shape index (κ3) is 3.28. The molecule has 4 nitrogen and oxygen atoms in total. The molecule has 2 rings (SSSR count). The number of aliphatic hydroxyl groups is 1. The number of likely N-dealkylation sites (tertiary alicyclic amines) is 1. The van der Waals surface area contributed by atoms with Crippen molar-refractivity contribution in [2.75, 3.05) is 18.4 Å². The van der Waals surface area contributed by atoms with E-state index in [1.54, 1.807) is 23.1 Å². The number of hydrogen-bond donors (Lipinski definition) is 2. The van der Waals surface area contributed by atoms with Crippen LogP contribution >= 0.6 is 23.2 Å². The molecule has 1 aliphatic rings. The Morgan fingerprint density at radius 2 is 2.22 bits per heavy atom. The maximum Gasteiger partial charge on any atom is 0.321 e. The number of benzene rings is 1. The largest absolute Gasteiger partial charge is 0.391 e. The molecule has 0 spiro atoms. The molecule has 1 atom stereocenters. The Balaban J connectivity index is 2.04. The Kier molecular flexibility index (Phi) is 4.32. The zero-order chi connectivity index (χ0) is 13.1. The van der Waals surface area contributed by atoms with Crippen LogP contribution in [-0.4, -0.2) is 35.2 Å². The van der Waals surface area contributed by atoms with Crippen molar-refractivity contribution in [3.8, 4) is 0 Å². The fourth-order valence-corrected chi connectivity index (χ4v) is 2.26. The standard InChI is InChI=1S/C12H14Cl2N2O2/c13-8-3-4-10(14)11(6-8)15-12(18)16-5-1-2-9(17)7-16/h3-4,6,9,17H,1-2,5,7H2,(H,15,18). The van der Waals surface area contributed by atoms with Crippen LogP contribution in [-0.2, 0) is 0 Å². The van der Waals surface area contributed by atoms with Gasteiger partial charge in [0.25, 0.3) is 0 Å². The topological polar surface area (TPSA) is 52.6 Å². The van der Waals surface area contributed by atoms with Gasteiger partial charge >= 0.3 is 6.03 Å². The number of halogens is 2. The minimum absolute atomic E-state index is 0.266. The van der Waals surface area contributed by atoms with Crippen LogP contribution in [0.25, 0.3) is 0 Å². The van der Waals surface area contributed by atoms with Crippen LogP contribution in [0, 0.1) is 0 Å². The van der Waals surface area contributed by atoms with E-state index in [0.717, 1.165) is 12.8 Å². The van der Waals surface area contributed by atoms with Gasteiger partial charge < -0.3 is 15.3 Å². The predicted octanol–water partition coefficient (Wildman–Crippen LogP) is 2.98. The van der Waals surface area contributed by atoms with Crippen LogP contribution in [0.15, 0.2) is 18.2 Å².